The zero-order valence-electron chi connectivity index (χ0n) is 19.0. The van der Waals surface area contributed by atoms with Crippen molar-refractivity contribution in [3.05, 3.63) is 86.8 Å². The molecule has 1 N–H and O–H groups in total. The van der Waals surface area contributed by atoms with Gasteiger partial charge in [-0.15, -0.1) is 0 Å². The molecule has 0 aromatic heterocycles. The fourth-order valence-corrected chi connectivity index (χ4v) is 3.83. The van der Waals surface area contributed by atoms with E-state index < -0.39 is 0 Å². The maximum Gasteiger partial charge on any atom is 0.240 e. The number of rotatable bonds is 11. The lowest BCUT2D eigenvalue weighted by atomic mass is 10.2. The number of halogens is 2. The van der Waals surface area contributed by atoms with Crippen molar-refractivity contribution in [3.63, 3.8) is 0 Å². The molecule has 0 aliphatic carbocycles. The average Bonchev–Trinajstić information content (AvgIpc) is 2.83. The van der Waals surface area contributed by atoms with E-state index >= 15 is 0 Å². The van der Waals surface area contributed by atoms with Gasteiger partial charge in [-0.1, -0.05) is 35.9 Å². The molecule has 0 aliphatic heterocycles. The molecule has 0 aliphatic rings. The number of nitrogens with one attached hydrogen (secondary N) is 1. The first-order chi connectivity index (χ1) is 16.5. The molecule has 0 saturated carbocycles. The highest BCUT2D eigenvalue weighted by Gasteiger charge is 2.08. The minimum atomic E-state index is -0.186. The Bertz CT molecular complexity index is 1150. The van der Waals surface area contributed by atoms with E-state index in [1.807, 2.05) is 55.5 Å². The lowest BCUT2D eigenvalue weighted by Gasteiger charge is -2.12. The Morgan fingerprint density at radius 2 is 1.85 bits per heavy atom. The summed E-state index contributed by atoms with van der Waals surface area (Å²) >= 11 is 9.66. The maximum atomic E-state index is 12.0. The van der Waals surface area contributed by atoms with Gasteiger partial charge in [-0.3, -0.25) is 4.79 Å². The predicted molar refractivity (Wildman–Crippen MR) is 138 cm³/mol. The van der Waals surface area contributed by atoms with E-state index in [1.165, 1.54) is 0 Å². The fraction of sp³-hybridized carbons (Fsp3) is 0.231. The van der Waals surface area contributed by atoms with Crippen molar-refractivity contribution < 1.29 is 19.0 Å². The van der Waals surface area contributed by atoms with E-state index in [9.17, 15) is 4.79 Å². The van der Waals surface area contributed by atoms with Crippen LogP contribution in [-0.4, -0.2) is 25.8 Å². The summed E-state index contributed by atoms with van der Waals surface area (Å²) in [6.45, 7) is 2.77. The fourth-order valence-electron chi connectivity index (χ4n) is 3.03. The quantitative estimate of drug-likeness (QED) is 0.174. The molecule has 0 fully saturated rings. The van der Waals surface area contributed by atoms with Gasteiger partial charge in [0.25, 0.3) is 0 Å². The van der Waals surface area contributed by atoms with Crippen LogP contribution in [0.5, 0.6) is 17.2 Å². The number of hydrazone groups is 1. The second-order valence-corrected chi connectivity index (χ2v) is 8.73. The van der Waals surface area contributed by atoms with Gasteiger partial charge in [0.2, 0.25) is 5.91 Å². The third-order valence-corrected chi connectivity index (χ3v) is 5.81. The zero-order valence-corrected chi connectivity index (χ0v) is 21.4. The smallest absolute Gasteiger partial charge is 0.240 e. The number of amides is 1. The summed E-state index contributed by atoms with van der Waals surface area (Å²) in [7, 11) is 1.57. The minimum absolute atomic E-state index is 0.186. The summed E-state index contributed by atoms with van der Waals surface area (Å²) < 4.78 is 17.9. The van der Waals surface area contributed by atoms with Crippen molar-refractivity contribution >= 4 is 39.7 Å². The lowest BCUT2D eigenvalue weighted by Crippen LogP contribution is -2.18. The van der Waals surface area contributed by atoms with Crippen LogP contribution in [0, 0.1) is 6.92 Å². The molecule has 6 nitrogen and oxygen atoms in total. The summed E-state index contributed by atoms with van der Waals surface area (Å²) in [6.07, 6.45) is 2.43. The summed E-state index contributed by atoms with van der Waals surface area (Å²) in [5.74, 6) is 1.72. The van der Waals surface area contributed by atoms with Gasteiger partial charge in [0, 0.05) is 17.0 Å². The Morgan fingerprint density at radius 3 is 2.62 bits per heavy atom. The highest BCUT2D eigenvalue weighted by molar-refractivity contribution is 9.10. The number of aryl methyl sites for hydroxylation is 1. The number of benzene rings is 3. The topological polar surface area (TPSA) is 69.2 Å². The van der Waals surface area contributed by atoms with Crippen LogP contribution in [0.15, 0.2) is 70.2 Å². The molecule has 0 unspecified atom stereocenters. The van der Waals surface area contributed by atoms with Gasteiger partial charge in [-0.25, -0.2) is 5.43 Å². The van der Waals surface area contributed by atoms with Gasteiger partial charge >= 0.3 is 0 Å². The summed E-state index contributed by atoms with van der Waals surface area (Å²) in [4.78, 5) is 12.0. The van der Waals surface area contributed by atoms with Gasteiger partial charge in [0.15, 0.2) is 11.5 Å². The van der Waals surface area contributed by atoms with Crippen LogP contribution < -0.4 is 19.6 Å². The lowest BCUT2D eigenvalue weighted by molar-refractivity contribution is -0.121. The van der Waals surface area contributed by atoms with Gasteiger partial charge < -0.3 is 14.2 Å². The normalized spacial score (nSPS) is 10.8. The van der Waals surface area contributed by atoms with Crippen molar-refractivity contribution in [2.75, 3.05) is 13.7 Å². The second kappa shape index (κ2) is 13.0. The molecule has 3 aromatic rings. The van der Waals surface area contributed by atoms with E-state index in [0.29, 0.717) is 42.6 Å². The van der Waals surface area contributed by atoms with Crippen molar-refractivity contribution in [1.29, 1.82) is 0 Å². The van der Waals surface area contributed by atoms with Crippen LogP contribution in [0.2, 0.25) is 5.02 Å². The molecule has 178 valence electrons. The number of ether oxygens (including phenoxy) is 3. The molecule has 0 saturated heterocycles. The highest BCUT2D eigenvalue weighted by Crippen LogP contribution is 2.29. The van der Waals surface area contributed by atoms with E-state index in [2.05, 4.69) is 26.5 Å². The van der Waals surface area contributed by atoms with E-state index in [-0.39, 0.29) is 5.91 Å². The first-order valence-corrected chi connectivity index (χ1v) is 11.9. The number of hydrogen-bond acceptors (Lipinski definition) is 5. The van der Waals surface area contributed by atoms with Crippen LogP contribution >= 0.6 is 27.5 Å². The number of nitrogens with zero attached hydrogens (tertiary/aromatic N) is 1. The van der Waals surface area contributed by atoms with Crippen molar-refractivity contribution in [2.24, 2.45) is 5.10 Å². The minimum Gasteiger partial charge on any atom is -0.493 e. The number of hydrogen-bond donors (Lipinski definition) is 1. The third-order valence-electron chi connectivity index (χ3n) is 4.82. The first kappa shape index (κ1) is 25.6. The standard InChI is InChI=1S/C26H26BrClN2O4/c1-18-9-11-23(21(27)14-18)33-13-5-8-26(31)30-29-16-19-10-12-24(25(15-19)32-2)34-17-20-6-3-4-7-22(20)28/h3-4,6-7,9-12,14-16H,5,8,13,17H2,1-2H3,(H,30,31)/b29-16+. The monoisotopic (exact) mass is 544 g/mol. The molecule has 3 aromatic carbocycles. The van der Waals surface area contributed by atoms with Crippen LogP contribution in [0.3, 0.4) is 0 Å². The second-order valence-electron chi connectivity index (χ2n) is 7.47. The van der Waals surface area contributed by atoms with Crippen molar-refractivity contribution in [1.82, 2.24) is 5.43 Å². The molecule has 0 spiro atoms. The Hall–Kier alpha value is -3.03. The SMILES string of the molecule is COc1cc(/C=N/NC(=O)CCCOc2ccc(C)cc2Br)ccc1OCc1ccccc1Cl. The van der Waals surface area contributed by atoms with Gasteiger partial charge in [0.1, 0.15) is 12.4 Å². The number of methoxy groups -OCH3 is 1. The Kier molecular flexibility index (Phi) is 9.79. The van der Waals surface area contributed by atoms with Crippen LogP contribution in [-0.2, 0) is 11.4 Å². The van der Waals surface area contributed by atoms with Gasteiger partial charge in [0.05, 0.1) is 24.4 Å². The molecule has 1 amide bonds. The summed E-state index contributed by atoms with van der Waals surface area (Å²) in [5.41, 5.74) is 5.32. The van der Waals surface area contributed by atoms with Crippen LogP contribution in [0.25, 0.3) is 0 Å². The molecule has 0 atom stereocenters. The Morgan fingerprint density at radius 1 is 1.06 bits per heavy atom. The largest absolute Gasteiger partial charge is 0.493 e. The molecule has 0 radical (unpaired) electrons. The summed E-state index contributed by atoms with van der Waals surface area (Å²) in [5, 5.41) is 4.67. The molecule has 8 heteroatoms. The Labute approximate surface area is 213 Å². The van der Waals surface area contributed by atoms with Gasteiger partial charge in [-0.2, -0.15) is 5.10 Å². The van der Waals surface area contributed by atoms with E-state index in [4.69, 9.17) is 25.8 Å². The predicted octanol–water partition coefficient (Wildman–Crippen LogP) is 6.31. The van der Waals surface area contributed by atoms with Crippen molar-refractivity contribution in [3.8, 4) is 17.2 Å². The van der Waals surface area contributed by atoms with Crippen LogP contribution in [0.1, 0.15) is 29.5 Å². The third kappa shape index (κ3) is 7.78. The Balaban J connectivity index is 1.44. The molecule has 3 rings (SSSR count). The number of carbonyl (C=O) groups is 1. The molecular weight excluding hydrogens is 520 g/mol. The molecule has 34 heavy (non-hydrogen) atoms. The zero-order chi connectivity index (χ0) is 24.3. The molecule has 0 heterocycles. The maximum absolute atomic E-state index is 12.0. The first-order valence-electron chi connectivity index (χ1n) is 10.7. The number of carbonyl (C=O) groups excluding carboxylic acids is 1. The molecular formula is C26H26BrClN2O4. The van der Waals surface area contributed by atoms with E-state index in [1.54, 1.807) is 25.5 Å². The average molecular weight is 546 g/mol. The van der Waals surface area contributed by atoms with Crippen molar-refractivity contribution in [2.45, 2.75) is 26.4 Å². The highest BCUT2D eigenvalue weighted by atomic mass is 79.9. The van der Waals surface area contributed by atoms with Crippen LogP contribution in [0.4, 0.5) is 0 Å². The molecule has 0 bridgehead atoms. The summed E-state index contributed by atoms with van der Waals surface area (Å²) in [6, 6.07) is 18.8. The van der Waals surface area contributed by atoms with Gasteiger partial charge in [-0.05, 0) is 76.8 Å². The van der Waals surface area contributed by atoms with E-state index in [0.717, 1.165) is 26.9 Å².